The second-order valence-electron chi connectivity index (χ2n) is 13.0. The predicted octanol–water partition coefficient (Wildman–Crippen LogP) is 1.73. The maximum absolute atomic E-state index is 14.8. The van der Waals surface area contributed by atoms with E-state index in [1.54, 1.807) is 11.9 Å². The van der Waals surface area contributed by atoms with Crippen molar-refractivity contribution in [1.82, 2.24) is 9.80 Å². The standard InChI is InChI=1S/C30H36F3N3O8/c1-28(5-6-28)17(11-37)36(4)10-13-9-16(38)19-14(21(13)30(31,32)33)7-12-8-15-22(35(2)3)24(40)20(27(34)43)26(42)29(15,44)25(41)18(12)23(19)39/h9,12,15,17,22,37-38,40-41,44H,5-8,10-11H2,1-4H3,(H2,34,43)/t12-,15-,17+,22-,29-/m0/s1. The number of benzene rings is 1. The van der Waals surface area contributed by atoms with Gasteiger partial charge in [-0.2, -0.15) is 13.2 Å². The number of rotatable bonds is 7. The van der Waals surface area contributed by atoms with Crippen molar-refractivity contribution in [2.75, 3.05) is 27.7 Å². The topological polar surface area (TPSA) is 185 Å². The number of phenolic OH excluding ortho intramolecular Hbond substituents is 1. The molecular weight excluding hydrogens is 587 g/mol. The van der Waals surface area contributed by atoms with E-state index in [2.05, 4.69) is 0 Å². The fraction of sp³-hybridized carbons (Fsp3) is 0.567. The molecule has 5 atom stereocenters. The summed E-state index contributed by atoms with van der Waals surface area (Å²) >= 11 is 0. The molecule has 4 aliphatic carbocycles. The molecule has 5 rings (SSSR count). The SMILES string of the molecule is CN(C)[C@@H]1C(O)=C(C(N)=O)C(=O)[C@@]2(O)C(O)=C3C(=O)c4c(O)cc(CN(C)[C@H](CO)C5(C)CC5)c(C(F)(F)F)c4C[C@H]3C[C@@H]12. The van der Waals surface area contributed by atoms with Gasteiger partial charge in [0, 0.05) is 24.1 Å². The first kappa shape index (κ1) is 31.9. The Balaban J connectivity index is 1.67. The minimum Gasteiger partial charge on any atom is -0.510 e. The number of alkyl halides is 3. The quantitative estimate of drug-likeness (QED) is 0.245. The molecule has 0 unspecified atom stereocenters. The van der Waals surface area contributed by atoms with Crippen molar-refractivity contribution >= 4 is 17.5 Å². The van der Waals surface area contributed by atoms with Gasteiger partial charge in [0.25, 0.3) is 5.91 Å². The number of ketones is 2. The Morgan fingerprint density at radius 2 is 1.77 bits per heavy atom. The molecule has 44 heavy (non-hydrogen) atoms. The van der Waals surface area contributed by atoms with Gasteiger partial charge in [-0.05, 0) is 75.4 Å². The molecule has 14 heteroatoms. The largest absolute Gasteiger partial charge is 0.510 e. The van der Waals surface area contributed by atoms with Gasteiger partial charge in [-0.3, -0.25) is 24.2 Å². The van der Waals surface area contributed by atoms with Gasteiger partial charge >= 0.3 is 6.18 Å². The normalized spacial score (nSPS) is 28.7. The van der Waals surface area contributed by atoms with E-state index >= 15 is 0 Å². The molecule has 1 aromatic carbocycles. The number of allylic oxidation sites excluding steroid dienone is 1. The highest BCUT2D eigenvalue weighted by Crippen LogP contribution is 2.54. The smallest absolute Gasteiger partial charge is 0.417 e. The molecule has 0 bridgehead atoms. The molecule has 0 aromatic heterocycles. The van der Waals surface area contributed by atoms with Crippen LogP contribution in [0.25, 0.3) is 0 Å². The first-order valence-corrected chi connectivity index (χ1v) is 14.2. The van der Waals surface area contributed by atoms with Crippen LogP contribution in [0.4, 0.5) is 13.2 Å². The number of amides is 1. The van der Waals surface area contributed by atoms with E-state index in [0.717, 1.165) is 18.9 Å². The van der Waals surface area contributed by atoms with Crippen molar-refractivity contribution in [2.24, 2.45) is 23.0 Å². The average Bonchev–Trinajstić information content (AvgIpc) is 3.62. The molecule has 240 valence electrons. The lowest BCUT2D eigenvalue weighted by Gasteiger charge is -2.50. The van der Waals surface area contributed by atoms with Crippen molar-refractivity contribution in [1.29, 1.82) is 0 Å². The van der Waals surface area contributed by atoms with Crippen LogP contribution in [0.15, 0.2) is 28.7 Å². The third-order valence-electron chi connectivity index (χ3n) is 10.1. The second-order valence-corrected chi connectivity index (χ2v) is 13.0. The number of aromatic hydroxyl groups is 1. The minimum atomic E-state index is -4.96. The third kappa shape index (κ3) is 4.53. The molecule has 0 radical (unpaired) electrons. The van der Waals surface area contributed by atoms with E-state index < -0.39 is 105 Å². The summed E-state index contributed by atoms with van der Waals surface area (Å²) in [6, 6.07) is -0.864. The number of carbonyl (C=O) groups is 3. The van der Waals surface area contributed by atoms with Gasteiger partial charge in [0.15, 0.2) is 11.4 Å². The van der Waals surface area contributed by atoms with Gasteiger partial charge in [0.05, 0.1) is 23.8 Å². The van der Waals surface area contributed by atoms with Crippen molar-refractivity contribution in [3.63, 3.8) is 0 Å². The van der Waals surface area contributed by atoms with Crippen LogP contribution in [0, 0.1) is 17.3 Å². The Labute approximate surface area is 251 Å². The van der Waals surface area contributed by atoms with Crippen LogP contribution >= 0.6 is 0 Å². The number of phenols is 1. The second kappa shape index (κ2) is 10.3. The minimum absolute atomic E-state index is 0.265. The van der Waals surface area contributed by atoms with Gasteiger partial charge < -0.3 is 31.3 Å². The van der Waals surface area contributed by atoms with Crippen LogP contribution in [0.1, 0.15) is 53.2 Å². The number of carbonyl (C=O) groups excluding carboxylic acids is 3. The zero-order valence-electron chi connectivity index (χ0n) is 24.7. The Kier molecular flexibility index (Phi) is 7.47. The first-order chi connectivity index (χ1) is 20.3. The number of hydrogen-bond donors (Lipinski definition) is 6. The van der Waals surface area contributed by atoms with Crippen LogP contribution in [0.2, 0.25) is 0 Å². The zero-order chi connectivity index (χ0) is 32.8. The van der Waals surface area contributed by atoms with Gasteiger partial charge in [-0.25, -0.2) is 0 Å². The van der Waals surface area contributed by atoms with Crippen LogP contribution in [0.5, 0.6) is 5.75 Å². The number of aliphatic hydroxyl groups is 4. The first-order valence-electron chi connectivity index (χ1n) is 14.2. The van der Waals surface area contributed by atoms with Gasteiger partial charge in [0.1, 0.15) is 22.8 Å². The Morgan fingerprint density at radius 3 is 2.27 bits per heavy atom. The molecule has 0 heterocycles. The predicted molar refractivity (Wildman–Crippen MR) is 148 cm³/mol. The fourth-order valence-corrected chi connectivity index (χ4v) is 7.67. The number of nitrogens with two attached hydrogens (primary N) is 1. The van der Waals surface area contributed by atoms with Gasteiger partial charge in [0.2, 0.25) is 5.78 Å². The molecule has 0 aliphatic heterocycles. The summed E-state index contributed by atoms with van der Waals surface area (Å²) in [5.41, 5.74) is -1.99. The monoisotopic (exact) mass is 623 g/mol. The van der Waals surface area contributed by atoms with Crippen molar-refractivity contribution in [2.45, 2.75) is 63.0 Å². The lowest BCUT2D eigenvalue weighted by atomic mass is 9.58. The Bertz CT molecular complexity index is 1530. The van der Waals surface area contributed by atoms with Crippen molar-refractivity contribution < 1.29 is 53.1 Å². The summed E-state index contributed by atoms with van der Waals surface area (Å²) in [5, 5.41) is 54.8. The average molecular weight is 624 g/mol. The lowest BCUT2D eigenvalue weighted by Crippen LogP contribution is -2.63. The number of nitrogens with zero attached hydrogens (tertiary/aromatic N) is 2. The molecule has 0 saturated heterocycles. The maximum atomic E-state index is 14.8. The van der Waals surface area contributed by atoms with Gasteiger partial charge in [-0.1, -0.05) is 6.92 Å². The van der Waals surface area contributed by atoms with E-state index in [-0.39, 0.29) is 30.6 Å². The highest BCUT2D eigenvalue weighted by atomic mass is 19.4. The van der Waals surface area contributed by atoms with E-state index in [1.165, 1.54) is 19.0 Å². The summed E-state index contributed by atoms with van der Waals surface area (Å²) in [7, 11) is 4.49. The number of Topliss-reactive ketones (excluding diaryl/α,β-unsaturated/α-hetero) is 2. The number of likely N-dealkylation sites (N-methyl/N-ethyl adjacent to an activating group) is 2. The highest BCUT2D eigenvalue weighted by Gasteiger charge is 2.63. The molecule has 0 spiro atoms. The fourth-order valence-electron chi connectivity index (χ4n) is 7.67. The van der Waals surface area contributed by atoms with E-state index in [1.807, 2.05) is 6.92 Å². The molecule has 11 nitrogen and oxygen atoms in total. The van der Waals surface area contributed by atoms with Crippen molar-refractivity contribution in [3.05, 3.63) is 51.0 Å². The number of halogens is 3. The molecule has 1 saturated carbocycles. The van der Waals surface area contributed by atoms with Crippen LogP contribution < -0.4 is 5.73 Å². The molecule has 1 fully saturated rings. The Hall–Kier alpha value is -3.46. The van der Waals surface area contributed by atoms with Crippen LogP contribution in [0.3, 0.4) is 0 Å². The molecular formula is C30H36F3N3O8. The van der Waals surface area contributed by atoms with Gasteiger partial charge in [-0.15, -0.1) is 0 Å². The Morgan fingerprint density at radius 1 is 1.16 bits per heavy atom. The molecule has 1 aromatic rings. The number of hydrogen-bond acceptors (Lipinski definition) is 10. The lowest BCUT2D eigenvalue weighted by molar-refractivity contribution is -0.148. The van der Waals surface area contributed by atoms with E-state index in [4.69, 9.17) is 5.73 Å². The highest BCUT2D eigenvalue weighted by molar-refractivity contribution is 6.24. The van der Waals surface area contributed by atoms with Crippen molar-refractivity contribution in [3.8, 4) is 5.75 Å². The molecule has 1 amide bonds. The third-order valence-corrected chi connectivity index (χ3v) is 10.1. The van der Waals surface area contributed by atoms with E-state index in [0.29, 0.717) is 0 Å². The summed E-state index contributed by atoms with van der Waals surface area (Å²) in [6.45, 7) is 1.35. The molecule has 7 N–H and O–H groups in total. The van der Waals surface area contributed by atoms with Crippen LogP contribution in [-0.2, 0) is 28.7 Å². The summed E-state index contributed by atoms with van der Waals surface area (Å²) in [4.78, 5) is 42.3. The summed E-state index contributed by atoms with van der Waals surface area (Å²) in [6.07, 6.45) is -4.19. The number of primary amides is 1. The number of fused-ring (bicyclic) bond motifs is 3. The van der Waals surface area contributed by atoms with E-state index in [9.17, 15) is 53.1 Å². The summed E-state index contributed by atoms with van der Waals surface area (Å²) in [5.74, 6) is -9.23. The van der Waals surface area contributed by atoms with Crippen LogP contribution in [-0.4, -0.2) is 98.2 Å². The maximum Gasteiger partial charge on any atom is 0.417 e. The zero-order valence-corrected chi connectivity index (χ0v) is 24.7. The molecule has 4 aliphatic rings. The summed E-state index contributed by atoms with van der Waals surface area (Å²) < 4.78 is 44.4. The number of aliphatic hydroxyl groups excluding tert-OH is 3.